The SMILES string of the molecule is CC(=O)Cc1c2cc(C)oc2cc2cc(C)oc12. The quantitative estimate of drug-likeness (QED) is 0.683. The predicted molar refractivity (Wildman–Crippen MR) is 69.8 cm³/mol. The first-order valence-electron chi connectivity index (χ1n) is 5.96. The number of Topliss-reactive ketones (excluding diaryl/α,β-unsaturated/α-hetero) is 1. The van der Waals surface area contributed by atoms with Crippen LogP contribution >= 0.6 is 0 Å². The molecule has 18 heavy (non-hydrogen) atoms. The van der Waals surface area contributed by atoms with Crippen LogP contribution in [0.25, 0.3) is 21.9 Å². The highest BCUT2D eigenvalue weighted by atomic mass is 16.3. The Bertz CT molecular complexity index is 704. The average molecular weight is 242 g/mol. The topological polar surface area (TPSA) is 43.4 Å². The van der Waals surface area contributed by atoms with Crippen LogP contribution < -0.4 is 0 Å². The molecule has 3 nitrogen and oxygen atoms in total. The molecule has 0 N–H and O–H groups in total. The molecule has 0 unspecified atom stereocenters. The Kier molecular flexibility index (Phi) is 2.30. The van der Waals surface area contributed by atoms with E-state index in [4.69, 9.17) is 8.83 Å². The molecule has 0 bridgehead atoms. The zero-order valence-corrected chi connectivity index (χ0v) is 10.7. The first kappa shape index (κ1) is 11.1. The third-order valence-corrected chi connectivity index (χ3v) is 3.08. The Morgan fingerprint density at radius 1 is 1.11 bits per heavy atom. The van der Waals surface area contributed by atoms with E-state index in [2.05, 4.69) is 0 Å². The smallest absolute Gasteiger partial charge is 0.138 e. The number of benzene rings is 1. The second kappa shape index (κ2) is 3.73. The Balaban J connectivity index is 2.43. The van der Waals surface area contributed by atoms with Crippen LogP contribution in [-0.2, 0) is 11.2 Å². The summed E-state index contributed by atoms with van der Waals surface area (Å²) >= 11 is 0. The van der Waals surface area contributed by atoms with E-state index in [0.29, 0.717) is 6.42 Å². The van der Waals surface area contributed by atoms with Gasteiger partial charge in [0.1, 0.15) is 28.5 Å². The summed E-state index contributed by atoms with van der Waals surface area (Å²) in [5.41, 5.74) is 2.55. The fourth-order valence-electron chi connectivity index (χ4n) is 2.44. The molecule has 0 amide bonds. The molecule has 1 aromatic carbocycles. The van der Waals surface area contributed by atoms with Gasteiger partial charge in [0, 0.05) is 22.8 Å². The molecule has 0 aliphatic carbocycles. The van der Waals surface area contributed by atoms with E-state index in [1.165, 1.54) is 0 Å². The highest BCUT2D eigenvalue weighted by Crippen LogP contribution is 2.33. The van der Waals surface area contributed by atoms with Gasteiger partial charge in [-0.25, -0.2) is 0 Å². The second-order valence-corrected chi connectivity index (χ2v) is 4.78. The summed E-state index contributed by atoms with van der Waals surface area (Å²) in [7, 11) is 0. The van der Waals surface area contributed by atoms with Crippen molar-refractivity contribution in [1.82, 2.24) is 0 Å². The Morgan fingerprint density at radius 2 is 1.83 bits per heavy atom. The maximum absolute atomic E-state index is 11.4. The molecule has 2 heterocycles. The van der Waals surface area contributed by atoms with E-state index in [9.17, 15) is 4.79 Å². The first-order chi connectivity index (χ1) is 8.54. The van der Waals surface area contributed by atoms with Crippen molar-refractivity contribution in [3.8, 4) is 0 Å². The van der Waals surface area contributed by atoms with Crippen molar-refractivity contribution in [2.75, 3.05) is 0 Å². The van der Waals surface area contributed by atoms with Gasteiger partial charge >= 0.3 is 0 Å². The van der Waals surface area contributed by atoms with Crippen molar-refractivity contribution < 1.29 is 13.6 Å². The fraction of sp³-hybridized carbons (Fsp3) is 0.267. The number of furan rings is 2. The van der Waals surface area contributed by atoms with Crippen molar-refractivity contribution in [1.29, 1.82) is 0 Å². The zero-order valence-electron chi connectivity index (χ0n) is 10.7. The normalized spacial score (nSPS) is 11.5. The Morgan fingerprint density at radius 3 is 2.56 bits per heavy atom. The van der Waals surface area contributed by atoms with Gasteiger partial charge in [0.05, 0.1) is 0 Å². The molecule has 3 aromatic rings. The fourth-order valence-corrected chi connectivity index (χ4v) is 2.44. The van der Waals surface area contributed by atoms with E-state index in [0.717, 1.165) is 39.0 Å². The van der Waals surface area contributed by atoms with Gasteiger partial charge in [0.25, 0.3) is 0 Å². The second-order valence-electron chi connectivity index (χ2n) is 4.78. The van der Waals surface area contributed by atoms with Crippen LogP contribution in [0, 0.1) is 13.8 Å². The number of aryl methyl sites for hydroxylation is 2. The van der Waals surface area contributed by atoms with E-state index in [1.807, 2.05) is 32.0 Å². The number of fused-ring (bicyclic) bond motifs is 2. The first-order valence-corrected chi connectivity index (χ1v) is 5.96. The summed E-state index contributed by atoms with van der Waals surface area (Å²) in [5.74, 6) is 1.81. The van der Waals surface area contributed by atoms with Gasteiger partial charge in [-0.15, -0.1) is 0 Å². The molecule has 0 aliphatic heterocycles. The lowest BCUT2D eigenvalue weighted by Crippen LogP contribution is -1.97. The van der Waals surface area contributed by atoms with E-state index in [-0.39, 0.29) is 5.78 Å². The molecule has 0 saturated heterocycles. The lowest BCUT2D eigenvalue weighted by atomic mass is 10.0. The molecule has 2 aromatic heterocycles. The van der Waals surface area contributed by atoms with E-state index < -0.39 is 0 Å². The highest BCUT2D eigenvalue weighted by Gasteiger charge is 2.15. The van der Waals surface area contributed by atoms with Gasteiger partial charge in [-0.3, -0.25) is 4.79 Å². The molecule has 0 radical (unpaired) electrons. The van der Waals surface area contributed by atoms with Crippen LogP contribution in [0.4, 0.5) is 0 Å². The van der Waals surface area contributed by atoms with Gasteiger partial charge in [0.2, 0.25) is 0 Å². The molecule has 0 spiro atoms. The van der Waals surface area contributed by atoms with Crippen LogP contribution in [0.1, 0.15) is 24.0 Å². The van der Waals surface area contributed by atoms with Gasteiger partial charge in [-0.2, -0.15) is 0 Å². The number of ketones is 1. The Labute approximate surface area is 104 Å². The van der Waals surface area contributed by atoms with Crippen molar-refractivity contribution in [3.63, 3.8) is 0 Å². The van der Waals surface area contributed by atoms with E-state index >= 15 is 0 Å². The number of carbonyl (C=O) groups is 1. The largest absolute Gasteiger partial charge is 0.461 e. The molecule has 0 fully saturated rings. The van der Waals surface area contributed by atoms with Crippen molar-refractivity contribution >= 4 is 27.7 Å². The average Bonchev–Trinajstić information content (AvgIpc) is 2.79. The molecule has 3 heteroatoms. The maximum Gasteiger partial charge on any atom is 0.138 e. The number of carbonyl (C=O) groups excluding carboxylic acids is 1. The third-order valence-electron chi connectivity index (χ3n) is 3.08. The van der Waals surface area contributed by atoms with Crippen molar-refractivity contribution in [2.24, 2.45) is 0 Å². The summed E-state index contributed by atoms with van der Waals surface area (Å²) < 4.78 is 11.4. The molecule has 92 valence electrons. The van der Waals surface area contributed by atoms with Gasteiger partial charge in [-0.1, -0.05) is 0 Å². The van der Waals surface area contributed by atoms with Crippen molar-refractivity contribution in [3.05, 3.63) is 35.3 Å². The molecule has 0 atom stereocenters. The minimum Gasteiger partial charge on any atom is -0.461 e. The predicted octanol–water partition coefficient (Wildman–Crippen LogP) is 3.93. The molecule has 0 aliphatic rings. The molecular formula is C15H14O3. The van der Waals surface area contributed by atoms with Gasteiger partial charge < -0.3 is 8.83 Å². The minimum absolute atomic E-state index is 0.122. The number of hydrogen-bond donors (Lipinski definition) is 0. The Hall–Kier alpha value is -2.03. The molecule has 0 saturated carbocycles. The standard InChI is InChI=1S/C15H14O3/c1-8(16)4-13-12-6-10(3)17-14(12)7-11-5-9(2)18-15(11)13/h5-7H,4H2,1-3H3. The van der Waals surface area contributed by atoms with Crippen LogP contribution in [0.2, 0.25) is 0 Å². The lowest BCUT2D eigenvalue weighted by molar-refractivity contribution is -0.116. The van der Waals surface area contributed by atoms with Crippen molar-refractivity contribution in [2.45, 2.75) is 27.2 Å². The maximum atomic E-state index is 11.4. The summed E-state index contributed by atoms with van der Waals surface area (Å²) in [5, 5.41) is 1.97. The van der Waals surface area contributed by atoms with Crippen LogP contribution in [-0.4, -0.2) is 5.78 Å². The summed E-state index contributed by atoms with van der Waals surface area (Å²) in [4.78, 5) is 11.4. The van der Waals surface area contributed by atoms with Gasteiger partial charge in [0.15, 0.2) is 0 Å². The lowest BCUT2D eigenvalue weighted by Gasteiger charge is -2.01. The summed E-state index contributed by atoms with van der Waals surface area (Å²) in [6.45, 7) is 5.41. The number of rotatable bonds is 2. The number of hydrogen-bond acceptors (Lipinski definition) is 3. The molecular weight excluding hydrogens is 228 g/mol. The molecule has 3 rings (SSSR count). The van der Waals surface area contributed by atoms with Crippen LogP contribution in [0.5, 0.6) is 0 Å². The van der Waals surface area contributed by atoms with Crippen LogP contribution in [0.3, 0.4) is 0 Å². The highest BCUT2D eigenvalue weighted by molar-refractivity contribution is 6.00. The van der Waals surface area contributed by atoms with Gasteiger partial charge in [-0.05, 0) is 39.0 Å². The monoisotopic (exact) mass is 242 g/mol. The summed E-state index contributed by atoms with van der Waals surface area (Å²) in [6.07, 6.45) is 0.375. The minimum atomic E-state index is 0.122. The summed E-state index contributed by atoms with van der Waals surface area (Å²) in [6, 6.07) is 5.90. The van der Waals surface area contributed by atoms with E-state index in [1.54, 1.807) is 6.92 Å². The zero-order chi connectivity index (χ0) is 12.9. The van der Waals surface area contributed by atoms with Crippen LogP contribution in [0.15, 0.2) is 27.0 Å². The third kappa shape index (κ3) is 1.63.